The standard InChI is InChI=1S/C21H32N2O4/c1-4-23-16-21(11-9-19(23)24)10-6-12-22(15-21)13-14-27-20-17(25-2)7-5-8-18(20)26-3/h5,7-8H,4,6,9-16H2,1-3H3/t21-/m0/s1. The highest BCUT2D eigenvalue weighted by Gasteiger charge is 2.41. The molecule has 1 atom stereocenters. The van der Waals surface area contributed by atoms with E-state index in [0.717, 1.165) is 39.1 Å². The molecule has 1 amide bonds. The number of methoxy groups -OCH3 is 2. The number of hydrogen-bond donors (Lipinski definition) is 0. The first-order valence-electron chi connectivity index (χ1n) is 9.95. The maximum Gasteiger partial charge on any atom is 0.222 e. The van der Waals surface area contributed by atoms with Gasteiger partial charge in [0.15, 0.2) is 11.5 Å². The summed E-state index contributed by atoms with van der Waals surface area (Å²) in [5, 5.41) is 0. The molecule has 0 unspecified atom stereocenters. The Balaban J connectivity index is 1.57. The number of hydrogen-bond acceptors (Lipinski definition) is 5. The number of likely N-dealkylation sites (tertiary alicyclic amines) is 2. The molecule has 27 heavy (non-hydrogen) atoms. The first kappa shape index (κ1) is 19.8. The van der Waals surface area contributed by atoms with Gasteiger partial charge < -0.3 is 19.1 Å². The number of benzene rings is 1. The Morgan fingerprint density at radius 3 is 2.52 bits per heavy atom. The van der Waals surface area contributed by atoms with Crippen molar-refractivity contribution in [2.45, 2.75) is 32.6 Å². The number of carbonyl (C=O) groups is 1. The fourth-order valence-corrected chi connectivity index (χ4v) is 4.46. The summed E-state index contributed by atoms with van der Waals surface area (Å²) in [4.78, 5) is 16.6. The van der Waals surface area contributed by atoms with Gasteiger partial charge in [-0.15, -0.1) is 0 Å². The zero-order valence-corrected chi connectivity index (χ0v) is 16.8. The van der Waals surface area contributed by atoms with Crippen LogP contribution in [-0.2, 0) is 4.79 Å². The zero-order chi connectivity index (χ0) is 19.3. The summed E-state index contributed by atoms with van der Waals surface area (Å²) in [5.74, 6) is 2.35. The van der Waals surface area contributed by atoms with Gasteiger partial charge in [-0.25, -0.2) is 0 Å². The van der Waals surface area contributed by atoms with Crippen LogP contribution in [0.25, 0.3) is 0 Å². The van der Waals surface area contributed by atoms with Crippen LogP contribution >= 0.6 is 0 Å². The predicted molar refractivity (Wildman–Crippen MR) is 105 cm³/mol. The number of carbonyl (C=O) groups excluding carboxylic acids is 1. The molecule has 6 nitrogen and oxygen atoms in total. The Morgan fingerprint density at radius 1 is 1.11 bits per heavy atom. The van der Waals surface area contributed by atoms with Gasteiger partial charge >= 0.3 is 0 Å². The summed E-state index contributed by atoms with van der Waals surface area (Å²) in [6, 6.07) is 5.65. The van der Waals surface area contributed by atoms with Crippen LogP contribution in [0, 0.1) is 5.41 Å². The van der Waals surface area contributed by atoms with E-state index in [2.05, 4.69) is 11.8 Å². The van der Waals surface area contributed by atoms with E-state index in [1.54, 1.807) is 14.2 Å². The molecule has 0 radical (unpaired) electrons. The Hall–Kier alpha value is -1.95. The minimum atomic E-state index is 0.254. The van der Waals surface area contributed by atoms with E-state index in [1.165, 1.54) is 12.8 Å². The molecule has 0 aliphatic carbocycles. The topological polar surface area (TPSA) is 51.2 Å². The average molecular weight is 376 g/mol. The molecule has 0 aromatic heterocycles. The first-order valence-corrected chi connectivity index (χ1v) is 9.95. The highest BCUT2D eigenvalue weighted by molar-refractivity contribution is 5.77. The van der Waals surface area contributed by atoms with Crippen molar-refractivity contribution in [1.82, 2.24) is 9.80 Å². The summed E-state index contributed by atoms with van der Waals surface area (Å²) < 4.78 is 16.8. The molecular weight excluding hydrogens is 344 g/mol. The molecule has 0 N–H and O–H groups in total. The van der Waals surface area contributed by atoms with Crippen LogP contribution in [0.15, 0.2) is 18.2 Å². The molecule has 150 valence electrons. The maximum absolute atomic E-state index is 12.1. The van der Waals surface area contributed by atoms with Gasteiger partial charge in [0.05, 0.1) is 14.2 Å². The fraction of sp³-hybridized carbons (Fsp3) is 0.667. The number of piperidine rings is 2. The smallest absolute Gasteiger partial charge is 0.222 e. The van der Waals surface area contributed by atoms with Gasteiger partial charge in [-0.05, 0) is 44.9 Å². The summed E-state index contributed by atoms with van der Waals surface area (Å²) in [6.07, 6.45) is 4.11. The van der Waals surface area contributed by atoms with E-state index in [9.17, 15) is 4.79 Å². The maximum atomic E-state index is 12.1. The van der Waals surface area contributed by atoms with Crippen molar-refractivity contribution < 1.29 is 19.0 Å². The van der Waals surface area contributed by atoms with Crippen molar-refractivity contribution in [2.24, 2.45) is 5.41 Å². The number of rotatable bonds is 7. The molecule has 2 aliphatic heterocycles. The van der Waals surface area contributed by atoms with Gasteiger partial charge in [0.25, 0.3) is 0 Å². The van der Waals surface area contributed by atoms with Crippen LogP contribution in [0.3, 0.4) is 0 Å². The molecule has 0 saturated carbocycles. The zero-order valence-electron chi connectivity index (χ0n) is 16.8. The summed E-state index contributed by atoms with van der Waals surface area (Å²) in [7, 11) is 3.28. The fourth-order valence-electron chi connectivity index (χ4n) is 4.46. The van der Waals surface area contributed by atoms with E-state index < -0.39 is 0 Å². The van der Waals surface area contributed by atoms with Gasteiger partial charge in [-0.3, -0.25) is 9.69 Å². The Bertz CT molecular complexity index is 629. The lowest BCUT2D eigenvalue weighted by Crippen LogP contribution is -2.54. The van der Waals surface area contributed by atoms with Crippen molar-refractivity contribution in [3.05, 3.63) is 18.2 Å². The first-order chi connectivity index (χ1) is 13.1. The van der Waals surface area contributed by atoms with Crippen LogP contribution in [-0.4, -0.2) is 69.3 Å². The second kappa shape index (κ2) is 8.83. The SMILES string of the molecule is CCN1C[C@@]2(CCCN(CCOc3c(OC)cccc3OC)C2)CCC1=O. The van der Waals surface area contributed by atoms with Crippen molar-refractivity contribution in [3.63, 3.8) is 0 Å². The van der Waals surface area contributed by atoms with Gasteiger partial charge in [0, 0.05) is 38.0 Å². The van der Waals surface area contributed by atoms with Gasteiger partial charge in [0.1, 0.15) is 6.61 Å². The minimum absolute atomic E-state index is 0.254. The third-order valence-corrected chi connectivity index (χ3v) is 5.91. The molecule has 3 rings (SSSR count). The summed E-state index contributed by atoms with van der Waals surface area (Å²) >= 11 is 0. The van der Waals surface area contributed by atoms with E-state index in [0.29, 0.717) is 36.2 Å². The molecule has 1 aromatic rings. The summed E-state index contributed by atoms with van der Waals surface area (Å²) in [6.45, 7) is 7.38. The molecule has 2 heterocycles. The second-order valence-electron chi connectivity index (χ2n) is 7.63. The van der Waals surface area contributed by atoms with E-state index in [-0.39, 0.29) is 5.41 Å². The lowest BCUT2D eigenvalue weighted by molar-refractivity contribution is -0.139. The lowest BCUT2D eigenvalue weighted by Gasteiger charge is -2.48. The molecule has 1 spiro atoms. The quantitative estimate of drug-likeness (QED) is 0.732. The van der Waals surface area contributed by atoms with Crippen molar-refractivity contribution in [1.29, 1.82) is 0 Å². The number of nitrogens with zero attached hydrogens (tertiary/aromatic N) is 2. The van der Waals surface area contributed by atoms with Crippen molar-refractivity contribution in [2.75, 3.05) is 53.6 Å². The largest absolute Gasteiger partial charge is 0.493 e. The molecule has 2 fully saturated rings. The van der Waals surface area contributed by atoms with Crippen LogP contribution in [0.1, 0.15) is 32.6 Å². The van der Waals surface area contributed by atoms with Crippen molar-refractivity contribution >= 4 is 5.91 Å². The number of para-hydroxylation sites is 1. The Morgan fingerprint density at radius 2 is 1.85 bits per heavy atom. The van der Waals surface area contributed by atoms with Gasteiger partial charge in [-0.2, -0.15) is 0 Å². The number of amides is 1. The highest BCUT2D eigenvalue weighted by atomic mass is 16.5. The van der Waals surface area contributed by atoms with Crippen LogP contribution in [0.4, 0.5) is 0 Å². The van der Waals surface area contributed by atoms with Gasteiger partial charge in [-0.1, -0.05) is 6.07 Å². The number of ether oxygens (including phenoxy) is 3. The molecule has 2 saturated heterocycles. The summed E-state index contributed by atoms with van der Waals surface area (Å²) in [5.41, 5.74) is 0.254. The molecule has 6 heteroatoms. The van der Waals surface area contributed by atoms with Crippen LogP contribution < -0.4 is 14.2 Å². The molecule has 2 aliphatic rings. The van der Waals surface area contributed by atoms with Crippen LogP contribution in [0.2, 0.25) is 0 Å². The normalized spacial score (nSPS) is 23.5. The second-order valence-corrected chi connectivity index (χ2v) is 7.63. The lowest BCUT2D eigenvalue weighted by atomic mass is 9.73. The van der Waals surface area contributed by atoms with Crippen molar-refractivity contribution in [3.8, 4) is 17.2 Å². The molecule has 1 aromatic carbocycles. The third kappa shape index (κ3) is 4.49. The van der Waals surface area contributed by atoms with Crippen LogP contribution in [0.5, 0.6) is 17.2 Å². The highest BCUT2D eigenvalue weighted by Crippen LogP contribution is 2.39. The van der Waals surface area contributed by atoms with E-state index >= 15 is 0 Å². The monoisotopic (exact) mass is 376 g/mol. The van der Waals surface area contributed by atoms with E-state index in [1.807, 2.05) is 23.1 Å². The third-order valence-electron chi connectivity index (χ3n) is 5.91. The Labute approximate surface area is 162 Å². The van der Waals surface area contributed by atoms with Gasteiger partial charge in [0.2, 0.25) is 11.7 Å². The Kier molecular flexibility index (Phi) is 6.47. The minimum Gasteiger partial charge on any atom is -0.493 e. The molecular formula is C21H32N2O4. The van der Waals surface area contributed by atoms with E-state index in [4.69, 9.17) is 14.2 Å². The predicted octanol–water partition coefficient (Wildman–Crippen LogP) is 2.81. The average Bonchev–Trinajstić information content (AvgIpc) is 2.70. The molecule has 0 bridgehead atoms.